The van der Waals surface area contributed by atoms with Crippen molar-refractivity contribution in [1.82, 2.24) is 24.9 Å². The van der Waals surface area contributed by atoms with Gasteiger partial charge in [0.1, 0.15) is 0 Å². The fourth-order valence-electron chi connectivity index (χ4n) is 5.46. The van der Waals surface area contributed by atoms with Gasteiger partial charge in [-0.05, 0) is 61.6 Å². The molecule has 8 nitrogen and oxygen atoms in total. The standard InChI is InChI=1S/C29H34F3N5O3/c1-20-24(27(38)33-9-12-35-13-15-40-16-14-35)5-6-26-25(20)19-37(34-26)18-21-7-10-36(11-8-21)28(39)22-3-2-4-23(17-22)29(30,31)32/h2-6,17,19,21H,7-16,18H2,1H3,(H,33,38). The molecule has 0 spiro atoms. The molecule has 5 rings (SSSR count). The second-order valence-electron chi connectivity index (χ2n) is 10.5. The number of halogens is 3. The second-order valence-corrected chi connectivity index (χ2v) is 10.5. The van der Waals surface area contributed by atoms with E-state index in [4.69, 9.17) is 9.84 Å². The molecule has 2 fully saturated rings. The minimum absolute atomic E-state index is 0.0583. The SMILES string of the molecule is Cc1c(C(=O)NCCN2CCOCC2)ccc2nn(CC3CCN(C(=O)c4cccc(C(F)(F)F)c4)CC3)cc12. The van der Waals surface area contributed by atoms with Gasteiger partial charge in [0, 0.05) is 68.5 Å². The van der Waals surface area contributed by atoms with Gasteiger partial charge in [-0.2, -0.15) is 18.3 Å². The number of amides is 2. The Kier molecular flexibility index (Phi) is 8.41. The van der Waals surface area contributed by atoms with Gasteiger partial charge in [0.25, 0.3) is 11.8 Å². The summed E-state index contributed by atoms with van der Waals surface area (Å²) >= 11 is 0. The molecule has 3 heterocycles. The minimum Gasteiger partial charge on any atom is -0.379 e. The molecule has 0 unspecified atom stereocenters. The average Bonchev–Trinajstić information content (AvgIpc) is 3.37. The molecule has 0 atom stereocenters. The van der Waals surface area contributed by atoms with E-state index < -0.39 is 11.7 Å². The number of hydrogen-bond donors (Lipinski definition) is 1. The molecular formula is C29H34F3N5O3. The van der Waals surface area contributed by atoms with Crippen molar-refractivity contribution in [3.63, 3.8) is 0 Å². The van der Waals surface area contributed by atoms with Gasteiger partial charge in [-0.15, -0.1) is 0 Å². The molecule has 1 aromatic heterocycles. The molecule has 40 heavy (non-hydrogen) atoms. The number of piperidine rings is 1. The zero-order chi connectivity index (χ0) is 28.3. The second kappa shape index (κ2) is 12.0. The van der Waals surface area contributed by atoms with E-state index in [0.29, 0.717) is 31.7 Å². The van der Waals surface area contributed by atoms with Crippen LogP contribution < -0.4 is 5.32 Å². The Labute approximate surface area is 231 Å². The lowest BCUT2D eigenvalue weighted by atomic mass is 9.96. The van der Waals surface area contributed by atoms with E-state index in [1.54, 1.807) is 4.90 Å². The van der Waals surface area contributed by atoms with Crippen LogP contribution >= 0.6 is 0 Å². The predicted octanol–water partition coefficient (Wildman–Crippen LogP) is 3.98. The molecular weight excluding hydrogens is 523 g/mol. The van der Waals surface area contributed by atoms with E-state index in [2.05, 4.69) is 10.2 Å². The normalized spacial score (nSPS) is 17.4. The smallest absolute Gasteiger partial charge is 0.379 e. The van der Waals surface area contributed by atoms with Crippen molar-refractivity contribution in [2.45, 2.75) is 32.5 Å². The number of aryl methyl sites for hydroxylation is 1. The Hall–Kier alpha value is -3.44. The monoisotopic (exact) mass is 557 g/mol. The van der Waals surface area contributed by atoms with Crippen LogP contribution in [0, 0.1) is 12.8 Å². The molecule has 214 valence electrons. The number of carbonyl (C=O) groups excluding carboxylic acids is 2. The molecule has 0 aliphatic carbocycles. The maximum absolute atomic E-state index is 13.1. The number of ether oxygens (including phenoxy) is 1. The van der Waals surface area contributed by atoms with Crippen LogP contribution in [0.5, 0.6) is 0 Å². The van der Waals surface area contributed by atoms with Gasteiger partial charge in [0.05, 0.1) is 24.3 Å². The fraction of sp³-hybridized carbons (Fsp3) is 0.483. The highest BCUT2D eigenvalue weighted by Gasteiger charge is 2.32. The van der Waals surface area contributed by atoms with Crippen LogP contribution in [0.1, 0.15) is 44.7 Å². The molecule has 0 saturated carbocycles. The largest absolute Gasteiger partial charge is 0.416 e. The summed E-state index contributed by atoms with van der Waals surface area (Å²) in [5.74, 6) is -0.192. The van der Waals surface area contributed by atoms with Crippen LogP contribution in [0.4, 0.5) is 13.2 Å². The Balaban J connectivity index is 1.16. The number of carbonyl (C=O) groups is 2. The molecule has 2 aliphatic heterocycles. The number of nitrogens with zero attached hydrogens (tertiary/aromatic N) is 4. The molecule has 2 aromatic carbocycles. The topological polar surface area (TPSA) is 79.7 Å². The number of likely N-dealkylation sites (tertiary alicyclic amines) is 1. The molecule has 3 aromatic rings. The Morgan fingerprint density at radius 2 is 1.82 bits per heavy atom. The first-order chi connectivity index (χ1) is 19.2. The van der Waals surface area contributed by atoms with Crippen molar-refractivity contribution < 1.29 is 27.5 Å². The van der Waals surface area contributed by atoms with Crippen molar-refractivity contribution in [3.8, 4) is 0 Å². The molecule has 2 amide bonds. The van der Waals surface area contributed by atoms with E-state index in [-0.39, 0.29) is 23.3 Å². The molecule has 2 aliphatic rings. The molecule has 2 saturated heterocycles. The summed E-state index contributed by atoms with van der Waals surface area (Å²) in [6, 6.07) is 8.28. The summed E-state index contributed by atoms with van der Waals surface area (Å²) in [5, 5.41) is 8.66. The van der Waals surface area contributed by atoms with E-state index in [1.807, 2.05) is 29.9 Å². The highest BCUT2D eigenvalue weighted by Crippen LogP contribution is 2.30. The fourth-order valence-corrected chi connectivity index (χ4v) is 5.46. The number of hydrogen-bond acceptors (Lipinski definition) is 5. The van der Waals surface area contributed by atoms with Crippen molar-refractivity contribution in [2.24, 2.45) is 5.92 Å². The third-order valence-electron chi connectivity index (χ3n) is 7.85. The molecule has 11 heteroatoms. The van der Waals surface area contributed by atoms with E-state index in [0.717, 1.165) is 74.3 Å². The maximum atomic E-state index is 13.1. The lowest BCUT2D eigenvalue weighted by Crippen LogP contribution is -2.41. The highest BCUT2D eigenvalue weighted by molar-refractivity contribution is 6.00. The average molecular weight is 558 g/mol. The van der Waals surface area contributed by atoms with Crippen LogP contribution in [0.2, 0.25) is 0 Å². The van der Waals surface area contributed by atoms with Crippen molar-refractivity contribution >= 4 is 22.7 Å². The zero-order valence-corrected chi connectivity index (χ0v) is 22.5. The quantitative estimate of drug-likeness (QED) is 0.476. The summed E-state index contributed by atoms with van der Waals surface area (Å²) in [6.45, 7) is 8.14. The van der Waals surface area contributed by atoms with Crippen LogP contribution in [-0.4, -0.2) is 83.9 Å². The zero-order valence-electron chi connectivity index (χ0n) is 22.5. The first kappa shape index (κ1) is 28.1. The van der Waals surface area contributed by atoms with Crippen LogP contribution in [0.3, 0.4) is 0 Å². The highest BCUT2D eigenvalue weighted by atomic mass is 19.4. The summed E-state index contributed by atoms with van der Waals surface area (Å²) in [5.41, 5.74) is 1.58. The Bertz CT molecular complexity index is 1360. The first-order valence-corrected chi connectivity index (χ1v) is 13.7. The van der Waals surface area contributed by atoms with Gasteiger partial charge >= 0.3 is 6.18 Å². The van der Waals surface area contributed by atoms with Gasteiger partial charge < -0.3 is 15.0 Å². The van der Waals surface area contributed by atoms with Gasteiger partial charge in [-0.25, -0.2) is 0 Å². The number of aromatic nitrogens is 2. The van der Waals surface area contributed by atoms with Gasteiger partial charge in [-0.3, -0.25) is 19.2 Å². The summed E-state index contributed by atoms with van der Waals surface area (Å²) in [6.07, 6.45) is -1.05. The van der Waals surface area contributed by atoms with E-state index in [9.17, 15) is 22.8 Å². The van der Waals surface area contributed by atoms with E-state index >= 15 is 0 Å². The van der Waals surface area contributed by atoms with Gasteiger partial charge in [0.15, 0.2) is 0 Å². The number of fused-ring (bicyclic) bond motifs is 1. The van der Waals surface area contributed by atoms with Crippen LogP contribution in [0.25, 0.3) is 10.9 Å². The number of alkyl halides is 3. The predicted molar refractivity (Wildman–Crippen MR) is 144 cm³/mol. The van der Waals surface area contributed by atoms with Gasteiger partial charge in [-0.1, -0.05) is 6.07 Å². The lowest BCUT2D eigenvalue weighted by molar-refractivity contribution is -0.137. The van der Waals surface area contributed by atoms with Crippen LogP contribution in [-0.2, 0) is 17.5 Å². The first-order valence-electron chi connectivity index (χ1n) is 13.7. The van der Waals surface area contributed by atoms with Crippen molar-refractivity contribution in [1.29, 1.82) is 0 Å². The minimum atomic E-state index is -4.48. The number of morpholine rings is 1. The summed E-state index contributed by atoms with van der Waals surface area (Å²) < 4.78 is 46.4. The summed E-state index contributed by atoms with van der Waals surface area (Å²) in [7, 11) is 0. The summed E-state index contributed by atoms with van der Waals surface area (Å²) in [4.78, 5) is 29.6. The van der Waals surface area contributed by atoms with Crippen LogP contribution in [0.15, 0.2) is 42.6 Å². The number of nitrogens with one attached hydrogen (secondary N) is 1. The number of benzene rings is 2. The van der Waals surface area contributed by atoms with E-state index in [1.165, 1.54) is 12.1 Å². The third-order valence-corrected chi connectivity index (χ3v) is 7.85. The lowest BCUT2D eigenvalue weighted by Gasteiger charge is -2.32. The molecule has 0 radical (unpaired) electrons. The molecule has 0 bridgehead atoms. The Morgan fingerprint density at radius 3 is 2.55 bits per heavy atom. The Morgan fingerprint density at radius 1 is 1.07 bits per heavy atom. The van der Waals surface area contributed by atoms with Gasteiger partial charge in [0.2, 0.25) is 0 Å². The van der Waals surface area contributed by atoms with Crippen molar-refractivity contribution in [3.05, 3.63) is 64.8 Å². The number of rotatable bonds is 7. The third kappa shape index (κ3) is 6.47. The molecule has 1 N–H and O–H groups in total. The maximum Gasteiger partial charge on any atom is 0.416 e. The van der Waals surface area contributed by atoms with Crippen molar-refractivity contribution in [2.75, 3.05) is 52.5 Å².